The van der Waals surface area contributed by atoms with Gasteiger partial charge in [0, 0.05) is 6.42 Å². The van der Waals surface area contributed by atoms with E-state index in [-0.39, 0.29) is 12.6 Å². The van der Waals surface area contributed by atoms with Gasteiger partial charge in [-0.2, -0.15) is 0 Å². The minimum Gasteiger partial charge on any atom is -0.481 e. The quantitative estimate of drug-likeness (QED) is 0.569. The molecule has 0 aliphatic rings. The lowest BCUT2D eigenvalue weighted by Crippen LogP contribution is -2.12. The molecule has 0 fully saturated rings. The topological polar surface area (TPSA) is 94.8 Å². The summed E-state index contributed by atoms with van der Waals surface area (Å²) < 4.78 is 10.6. The van der Waals surface area contributed by atoms with Gasteiger partial charge in [-0.25, -0.2) is 0 Å². The van der Waals surface area contributed by atoms with Gasteiger partial charge in [0.05, 0.1) is 6.16 Å². The molecule has 1 unspecified atom stereocenters. The maximum atomic E-state index is 10.6. The molecule has 0 aliphatic carbocycles. The van der Waals surface area contributed by atoms with Crippen molar-refractivity contribution in [2.24, 2.45) is 5.92 Å². The van der Waals surface area contributed by atoms with E-state index in [0.29, 0.717) is 6.42 Å². The van der Waals surface area contributed by atoms with E-state index >= 15 is 0 Å². The molecule has 0 rings (SSSR count). The molecule has 0 aromatic heterocycles. The molecular formula is C7H15O5P. The van der Waals surface area contributed by atoms with Crippen LogP contribution in [0.3, 0.4) is 0 Å². The van der Waals surface area contributed by atoms with E-state index in [9.17, 15) is 9.36 Å². The number of hydrogen-bond donors (Lipinski definition) is 3. The fourth-order valence-corrected chi connectivity index (χ4v) is 2.23. The third kappa shape index (κ3) is 7.96. The molecule has 0 spiro atoms. The number of hydrogen-bond acceptors (Lipinski definition) is 2. The predicted molar refractivity (Wildman–Crippen MR) is 47.6 cm³/mol. The van der Waals surface area contributed by atoms with E-state index in [1.54, 1.807) is 0 Å². The maximum absolute atomic E-state index is 10.6. The van der Waals surface area contributed by atoms with Gasteiger partial charge >= 0.3 is 13.6 Å². The molecule has 3 N–H and O–H groups in total. The first-order valence-corrected chi connectivity index (χ1v) is 5.91. The second kappa shape index (κ2) is 5.37. The standard InChI is InChI=1S/C7H15O5P/c1-2-3-6(4-7(8)9)5-13(10,11)12/h6H,2-5H2,1H3,(H,8,9)(H2,10,11,12). The highest BCUT2D eigenvalue weighted by molar-refractivity contribution is 7.51. The van der Waals surface area contributed by atoms with Gasteiger partial charge in [0.25, 0.3) is 0 Å². The van der Waals surface area contributed by atoms with E-state index in [1.165, 1.54) is 0 Å². The molecule has 13 heavy (non-hydrogen) atoms. The van der Waals surface area contributed by atoms with Gasteiger partial charge in [-0.05, 0) is 12.3 Å². The number of rotatable bonds is 6. The Morgan fingerprint density at radius 3 is 2.31 bits per heavy atom. The largest absolute Gasteiger partial charge is 0.481 e. The van der Waals surface area contributed by atoms with Crippen molar-refractivity contribution in [1.29, 1.82) is 0 Å². The molecule has 0 aromatic rings. The van der Waals surface area contributed by atoms with E-state index in [1.807, 2.05) is 6.92 Å². The van der Waals surface area contributed by atoms with Gasteiger partial charge in [-0.1, -0.05) is 13.3 Å². The fourth-order valence-electron chi connectivity index (χ4n) is 1.25. The van der Waals surface area contributed by atoms with Crippen LogP contribution in [-0.2, 0) is 9.36 Å². The van der Waals surface area contributed by atoms with E-state index in [4.69, 9.17) is 14.9 Å². The molecule has 0 amide bonds. The third-order valence-corrected chi connectivity index (χ3v) is 2.65. The number of carboxylic acids is 1. The molecule has 6 heteroatoms. The lowest BCUT2D eigenvalue weighted by atomic mass is 10.0. The van der Waals surface area contributed by atoms with E-state index in [2.05, 4.69) is 0 Å². The Bertz CT molecular complexity index is 209. The molecule has 5 nitrogen and oxygen atoms in total. The Morgan fingerprint density at radius 1 is 1.46 bits per heavy atom. The number of aliphatic carboxylic acids is 1. The summed E-state index contributed by atoms with van der Waals surface area (Å²) in [4.78, 5) is 27.6. The zero-order valence-electron chi connectivity index (χ0n) is 7.51. The van der Waals surface area contributed by atoms with Crippen LogP contribution in [0.4, 0.5) is 0 Å². The molecule has 0 radical (unpaired) electrons. The number of carboxylic acid groups (broad SMARTS) is 1. The molecule has 0 saturated carbocycles. The van der Waals surface area contributed by atoms with Gasteiger partial charge in [0.1, 0.15) is 0 Å². The lowest BCUT2D eigenvalue weighted by molar-refractivity contribution is -0.137. The summed E-state index contributed by atoms with van der Waals surface area (Å²) in [5, 5.41) is 8.45. The lowest BCUT2D eigenvalue weighted by Gasteiger charge is -2.13. The number of carbonyl (C=O) groups is 1. The highest BCUT2D eigenvalue weighted by Gasteiger charge is 2.22. The van der Waals surface area contributed by atoms with Crippen molar-refractivity contribution in [3.05, 3.63) is 0 Å². The Kier molecular flexibility index (Phi) is 5.21. The van der Waals surface area contributed by atoms with Gasteiger partial charge in [0.15, 0.2) is 0 Å². The van der Waals surface area contributed by atoms with Crippen LogP contribution in [0.25, 0.3) is 0 Å². The minimum absolute atomic E-state index is 0.168. The van der Waals surface area contributed by atoms with Crippen molar-refractivity contribution in [2.75, 3.05) is 6.16 Å². The predicted octanol–water partition coefficient (Wildman–Crippen LogP) is 1.06. The molecule has 0 aliphatic heterocycles. The van der Waals surface area contributed by atoms with Crippen LogP contribution < -0.4 is 0 Å². The molecule has 0 heterocycles. The summed E-state index contributed by atoms with van der Waals surface area (Å²) in [6.45, 7) is 1.86. The second-order valence-corrected chi connectivity index (χ2v) is 4.79. The molecule has 0 saturated heterocycles. The normalized spacial score (nSPS) is 14.1. The van der Waals surface area contributed by atoms with Gasteiger partial charge in [0.2, 0.25) is 0 Å². The van der Waals surface area contributed by atoms with Crippen molar-refractivity contribution >= 4 is 13.6 Å². The van der Waals surface area contributed by atoms with Crippen LogP contribution >= 0.6 is 7.60 Å². The van der Waals surface area contributed by atoms with Crippen LogP contribution in [0, 0.1) is 5.92 Å². The summed E-state index contributed by atoms with van der Waals surface area (Å²) in [6, 6.07) is 0. The summed E-state index contributed by atoms with van der Waals surface area (Å²) in [7, 11) is -4.07. The second-order valence-electron chi connectivity index (χ2n) is 3.10. The average Bonchev–Trinajstić information content (AvgIpc) is 1.81. The Balaban J connectivity index is 4.09. The summed E-state index contributed by atoms with van der Waals surface area (Å²) in [5.41, 5.74) is 0. The zero-order valence-corrected chi connectivity index (χ0v) is 8.41. The van der Waals surface area contributed by atoms with Crippen LogP contribution in [0.2, 0.25) is 0 Å². The maximum Gasteiger partial charge on any atom is 0.325 e. The Labute approximate surface area is 76.9 Å². The zero-order chi connectivity index (χ0) is 10.5. The van der Waals surface area contributed by atoms with E-state index < -0.39 is 19.5 Å². The van der Waals surface area contributed by atoms with Crippen LogP contribution in [0.5, 0.6) is 0 Å². The summed E-state index contributed by atoms with van der Waals surface area (Å²) in [5.74, 6) is -1.42. The molecule has 0 bridgehead atoms. The molecule has 0 aromatic carbocycles. The molecule has 78 valence electrons. The Morgan fingerprint density at radius 2 is 2.00 bits per heavy atom. The van der Waals surface area contributed by atoms with E-state index in [0.717, 1.165) is 6.42 Å². The van der Waals surface area contributed by atoms with Crippen molar-refractivity contribution in [1.82, 2.24) is 0 Å². The first-order chi connectivity index (χ1) is 5.85. The SMILES string of the molecule is CCCC(CC(=O)O)CP(=O)(O)O. The van der Waals surface area contributed by atoms with Crippen LogP contribution in [0.1, 0.15) is 26.2 Å². The van der Waals surface area contributed by atoms with Crippen LogP contribution in [0.15, 0.2) is 0 Å². The first-order valence-electron chi connectivity index (χ1n) is 4.11. The van der Waals surface area contributed by atoms with Gasteiger partial charge in [-0.15, -0.1) is 0 Å². The highest BCUT2D eigenvalue weighted by Crippen LogP contribution is 2.38. The van der Waals surface area contributed by atoms with Crippen LogP contribution in [-0.4, -0.2) is 27.0 Å². The average molecular weight is 210 g/mol. The van der Waals surface area contributed by atoms with Crippen molar-refractivity contribution in [3.63, 3.8) is 0 Å². The fraction of sp³-hybridized carbons (Fsp3) is 0.857. The third-order valence-electron chi connectivity index (χ3n) is 1.66. The first kappa shape index (κ1) is 12.6. The smallest absolute Gasteiger partial charge is 0.325 e. The highest BCUT2D eigenvalue weighted by atomic mass is 31.2. The van der Waals surface area contributed by atoms with Crippen molar-refractivity contribution in [3.8, 4) is 0 Å². The summed E-state index contributed by atoms with van der Waals surface area (Å²) >= 11 is 0. The Hall–Kier alpha value is -0.380. The van der Waals surface area contributed by atoms with Crippen molar-refractivity contribution < 1.29 is 24.3 Å². The monoisotopic (exact) mass is 210 g/mol. The molecular weight excluding hydrogens is 195 g/mol. The van der Waals surface area contributed by atoms with Gasteiger partial charge < -0.3 is 14.9 Å². The molecule has 1 atom stereocenters. The summed E-state index contributed by atoms with van der Waals surface area (Å²) in [6.07, 6.45) is 0.779. The van der Waals surface area contributed by atoms with Crippen molar-refractivity contribution in [2.45, 2.75) is 26.2 Å². The minimum atomic E-state index is -4.07. The van der Waals surface area contributed by atoms with Gasteiger partial charge in [-0.3, -0.25) is 9.36 Å².